The molecular weight excluding hydrogens is 444 g/mol. The van der Waals surface area contributed by atoms with Gasteiger partial charge in [-0.1, -0.05) is 23.7 Å². The molecule has 1 heterocycles. The van der Waals surface area contributed by atoms with Crippen molar-refractivity contribution in [3.8, 4) is 17.2 Å². The van der Waals surface area contributed by atoms with Crippen LogP contribution in [0.1, 0.15) is 36.0 Å². The van der Waals surface area contributed by atoms with Crippen LogP contribution in [0.5, 0.6) is 17.2 Å². The van der Waals surface area contributed by atoms with Crippen LogP contribution >= 0.6 is 11.6 Å². The van der Waals surface area contributed by atoms with E-state index in [4.69, 9.17) is 25.8 Å². The van der Waals surface area contributed by atoms with Crippen LogP contribution in [0.15, 0.2) is 42.5 Å². The molecule has 0 aliphatic carbocycles. The highest BCUT2D eigenvalue weighted by molar-refractivity contribution is 6.32. The Morgan fingerprint density at radius 2 is 1.76 bits per heavy atom. The quantitative estimate of drug-likeness (QED) is 0.522. The molecule has 1 N–H and O–H groups in total. The molecule has 2 aromatic carbocycles. The smallest absolute Gasteiger partial charge is 0.253 e. The number of methoxy groups -OCH3 is 2. The van der Waals surface area contributed by atoms with Crippen molar-refractivity contribution in [1.82, 2.24) is 10.2 Å². The number of halogens is 1. The highest BCUT2D eigenvalue weighted by Gasteiger charge is 2.24. The maximum atomic E-state index is 12.9. The van der Waals surface area contributed by atoms with Crippen LogP contribution in [0.2, 0.25) is 5.02 Å². The van der Waals surface area contributed by atoms with E-state index in [-0.39, 0.29) is 11.8 Å². The van der Waals surface area contributed by atoms with Crippen LogP contribution in [-0.2, 0) is 4.79 Å². The van der Waals surface area contributed by atoms with Crippen LogP contribution in [-0.4, -0.2) is 57.2 Å². The van der Waals surface area contributed by atoms with E-state index in [2.05, 4.69) is 5.32 Å². The summed E-state index contributed by atoms with van der Waals surface area (Å²) in [7, 11) is 3.12. The van der Waals surface area contributed by atoms with Gasteiger partial charge in [0, 0.05) is 31.6 Å². The lowest BCUT2D eigenvalue weighted by Crippen LogP contribution is -2.41. The fourth-order valence-electron chi connectivity index (χ4n) is 3.82. The van der Waals surface area contributed by atoms with E-state index < -0.39 is 0 Å². The summed E-state index contributed by atoms with van der Waals surface area (Å²) in [5, 5.41) is 3.58. The fraction of sp³-hybridized carbons (Fsp3) is 0.440. The van der Waals surface area contributed by atoms with Crippen molar-refractivity contribution >= 4 is 23.4 Å². The third kappa shape index (κ3) is 7.02. The average Bonchev–Trinajstić information content (AvgIpc) is 2.85. The van der Waals surface area contributed by atoms with Crippen molar-refractivity contribution in [2.75, 3.05) is 40.5 Å². The minimum atomic E-state index is -0.0167. The van der Waals surface area contributed by atoms with Gasteiger partial charge in [0.15, 0.2) is 11.5 Å². The van der Waals surface area contributed by atoms with Crippen molar-refractivity contribution in [1.29, 1.82) is 0 Å². The number of rotatable bonds is 10. The molecule has 7 nitrogen and oxygen atoms in total. The molecule has 0 radical (unpaired) electrons. The SMILES string of the molecule is COc1ccc(C(=O)N2CCC(CNC(=O)CCCOc3ccccc3Cl)CC2)cc1OC. The van der Waals surface area contributed by atoms with Gasteiger partial charge in [-0.25, -0.2) is 0 Å². The second-order valence-electron chi connectivity index (χ2n) is 7.99. The number of carbonyl (C=O) groups excluding carboxylic acids is 2. The third-order valence-electron chi connectivity index (χ3n) is 5.76. The molecule has 178 valence electrons. The van der Waals surface area contributed by atoms with Crippen molar-refractivity contribution < 1.29 is 23.8 Å². The van der Waals surface area contributed by atoms with E-state index >= 15 is 0 Å². The molecule has 0 bridgehead atoms. The zero-order valence-electron chi connectivity index (χ0n) is 19.1. The van der Waals surface area contributed by atoms with Gasteiger partial charge in [0.05, 0.1) is 25.8 Å². The molecule has 3 rings (SSSR count). The fourth-order valence-corrected chi connectivity index (χ4v) is 4.01. The second-order valence-corrected chi connectivity index (χ2v) is 8.40. The lowest BCUT2D eigenvalue weighted by molar-refractivity contribution is -0.121. The lowest BCUT2D eigenvalue weighted by Gasteiger charge is -2.32. The van der Waals surface area contributed by atoms with Crippen molar-refractivity contribution in [2.45, 2.75) is 25.7 Å². The van der Waals surface area contributed by atoms with Gasteiger partial charge in [0.1, 0.15) is 5.75 Å². The molecule has 1 fully saturated rings. The zero-order chi connectivity index (χ0) is 23.6. The maximum Gasteiger partial charge on any atom is 0.253 e. The van der Waals surface area contributed by atoms with E-state index in [1.807, 2.05) is 23.1 Å². The molecule has 1 aliphatic rings. The monoisotopic (exact) mass is 474 g/mol. The van der Waals surface area contributed by atoms with Crippen molar-refractivity contribution in [3.05, 3.63) is 53.1 Å². The van der Waals surface area contributed by atoms with Gasteiger partial charge in [-0.05, 0) is 55.5 Å². The number of para-hydroxylation sites is 1. The molecule has 8 heteroatoms. The standard InChI is InChI=1S/C25H31ClN2O5/c1-31-22-10-9-19(16-23(22)32-2)25(30)28-13-11-18(12-14-28)17-27-24(29)8-5-15-33-21-7-4-3-6-20(21)26/h3-4,6-7,9-10,16,18H,5,8,11-15,17H2,1-2H3,(H,27,29). The molecular formula is C25H31ClN2O5. The highest BCUT2D eigenvalue weighted by atomic mass is 35.5. The Morgan fingerprint density at radius 1 is 1.03 bits per heavy atom. The van der Waals surface area contributed by atoms with Crippen LogP contribution in [0.25, 0.3) is 0 Å². The number of ether oxygens (including phenoxy) is 3. The van der Waals surface area contributed by atoms with Gasteiger partial charge in [0.25, 0.3) is 5.91 Å². The highest BCUT2D eigenvalue weighted by Crippen LogP contribution is 2.29. The van der Waals surface area contributed by atoms with E-state index in [0.29, 0.717) is 72.8 Å². The average molecular weight is 475 g/mol. The first-order valence-corrected chi connectivity index (χ1v) is 11.5. The predicted molar refractivity (Wildman–Crippen MR) is 127 cm³/mol. The topological polar surface area (TPSA) is 77.1 Å². The third-order valence-corrected chi connectivity index (χ3v) is 6.07. The Balaban J connectivity index is 1.35. The summed E-state index contributed by atoms with van der Waals surface area (Å²) in [6, 6.07) is 12.5. The number of benzene rings is 2. The van der Waals surface area contributed by atoms with Crippen LogP contribution in [0.4, 0.5) is 0 Å². The largest absolute Gasteiger partial charge is 0.493 e. The first kappa shape index (κ1) is 24.7. The number of carbonyl (C=O) groups is 2. The number of nitrogens with one attached hydrogen (secondary N) is 1. The molecule has 0 atom stereocenters. The molecule has 2 amide bonds. The van der Waals surface area contributed by atoms with E-state index in [0.717, 1.165) is 12.8 Å². The number of piperidine rings is 1. The second kappa shape index (κ2) is 12.3. The number of amides is 2. The first-order valence-electron chi connectivity index (χ1n) is 11.2. The first-order chi connectivity index (χ1) is 16.0. The number of nitrogens with zero attached hydrogens (tertiary/aromatic N) is 1. The lowest BCUT2D eigenvalue weighted by atomic mass is 9.96. The molecule has 1 aliphatic heterocycles. The minimum Gasteiger partial charge on any atom is -0.493 e. The van der Waals surface area contributed by atoms with Gasteiger partial charge in [-0.15, -0.1) is 0 Å². The van der Waals surface area contributed by atoms with Crippen LogP contribution in [0.3, 0.4) is 0 Å². The maximum absolute atomic E-state index is 12.9. The molecule has 0 aromatic heterocycles. The van der Waals surface area contributed by atoms with Gasteiger partial charge in [-0.2, -0.15) is 0 Å². The van der Waals surface area contributed by atoms with Gasteiger partial charge in [0.2, 0.25) is 5.91 Å². The van der Waals surface area contributed by atoms with E-state index in [1.54, 1.807) is 38.5 Å². The predicted octanol–water partition coefficient (Wildman–Crippen LogP) is 4.18. The van der Waals surface area contributed by atoms with Gasteiger partial charge < -0.3 is 24.4 Å². The summed E-state index contributed by atoms with van der Waals surface area (Å²) >= 11 is 6.05. The molecule has 0 unspecified atom stereocenters. The normalized spacial score (nSPS) is 14.0. The zero-order valence-corrected chi connectivity index (χ0v) is 19.9. The molecule has 0 saturated carbocycles. The number of likely N-dealkylation sites (tertiary alicyclic amines) is 1. The minimum absolute atomic E-state index is 0.0154. The van der Waals surface area contributed by atoms with Crippen LogP contribution < -0.4 is 19.5 Å². The summed E-state index contributed by atoms with van der Waals surface area (Å²) < 4.78 is 16.2. The number of hydrogen-bond acceptors (Lipinski definition) is 5. The molecule has 0 spiro atoms. The Kier molecular flexibility index (Phi) is 9.24. The number of hydrogen-bond donors (Lipinski definition) is 1. The summed E-state index contributed by atoms with van der Waals surface area (Å²) in [4.78, 5) is 26.9. The molecule has 2 aromatic rings. The van der Waals surface area contributed by atoms with E-state index in [1.165, 1.54) is 0 Å². The summed E-state index contributed by atoms with van der Waals surface area (Å²) in [5.74, 6) is 2.13. The van der Waals surface area contributed by atoms with Crippen molar-refractivity contribution in [2.24, 2.45) is 5.92 Å². The molecule has 1 saturated heterocycles. The van der Waals surface area contributed by atoms with Gasteiger partial charge in [-0.3, -0.25) is 9.59 Å². The van der Waals surface area contributed by atoms with E-state index in [9.17, 15) is 9.59 Å². The van der Waals surface area contributed by atoms with Gasteiger partial charge >= 0.3 is 0 Å². The van der Waals surface area contributed by atoms with Crippen molar-refractivity contribution in [3.63, 3.8) is 0 Å². The van der Waals surface area contributed by atoms with Crippen LogP contribution in [0, 0.1) is 5.92 Å². The summed E-state index contributed by atoms with van der Waals surface area (Å²) in [6.45, 7) is 2.40. The Hall–Kier alpha value is -2.93. The Labute approximate surface area is 200 Å². The summed E-state index contributed by atoms with van der Waals surface area (Å²) in [5.41, 5.74) is 0.582. The Morgan fingerprint density at radius 3 is 2.45 bits per heavy atom. The summed E-state index contributed by atoms with van der Waals surface area (Å²) in [6.07, 6.45) is 2.74. The molecule has 33 heavy (non-hydrogen) atoms. The Bertz CT molecular complexity index is 944.